The second-order valence-electron chi connectivity index (χ2n) is 6.03. The lowest BCUT2D eigenvalue weighted by Gasteiger charge is -2.31. The number of carbonyl (C=O) groups is 4. The van der Waals surface area contributed by atoms with Gasteiger partial charge in [-0.05, 0) is 32.0 Å². The van der Waals surface area contributed by atoms with Crippen molar-refractivity contribution in [3.63, 3.8) is 0 Å². The fourth-order valence-electron chi connectivity index (χ4n) is 2.29. The van der Waals surface area contributed by atoms with Gasteiger partial charge in [0.05, 0.1) is 18.5 Å². The molecule has 0 aliphatic carbocycles. The summed E-state index contributed by atoms with van der Waals surface area (Å²) in [7, 11) is 0. The van der Waals surface area contributed by atoms with Gasteiger partial charge >= 0.3 is 5.97 Å². The molecule has 2 amide bonds. The Labute approximate surface area is 138 Å². The molecule has 0 radical (unpaired) electrons. The number of carbonyl (C=O) groups excluding carboxylic acids is 3. The average molecular weight is 334 g/mol. The number of nitrogens with one attached hydrogen (secondary N) is 2. The van der Waals surface area contributed by atoms with Crippen molar-refractivity contribution in [1.82, 2.24) is 10.6 Å². The molecular formula is C16H18N2O6. The number of ether oxygens (including phenoxy) is 1. The summed E-state index contributed by atoms with van der Waals surface area (Å²) >= 11 is 0. The van der Waals surface area contributed by atoms with E-state index < -0.39 is 29.9 Å². The zero-order valence-electron chi connectivity index (χ0n) is 13.3. The van der Waals surface area contributed by atoms with Crippen molar-refractivity contribution in [2.45, 2.75) is 25.9 Å². The summed E-state index contributed by atoms with van der Waals surface area (Å²) in [6, 6.07) is 4.48. The van der Waals surface area contributed by atoms with E-state index in [1.807, 2.05) is 13.8 Å². The topological polar surface area (TPSA) is 122 Å². The number of hydrogen-bond acceptors (Lipinski definition) is 5. The van der Waals surface area contributed by atoms with Crippen molar-refractivity contribution in [1.29, 1.82) is 0 Å². The molecule has 0 bridgehead atoms. The second kappa shape index (κ2) is 6.69. The Bertz CT molecular complexity index is 711. The molecule has 1 aliphatic heterocycles. The van der Waals surface area contributed by atoms with E-state index in [9.17, 15) is 19.2 Å². The molecule has 8 heteroatoms. The highest BCUT2D eigenvalue weighted by Crippen LogP contribution is 2.33. The van der Waals surface area contributed by atoms with Gasteiger partial charge in [0.15, 0.2) is 5.78 Å². The summed E-state index contributed by atoms with van der Waals surface area (Å²) in [5.41, 5.74) is -0.0375. The first-order valence-corrected chi connectivity index (χ1v) is 7.31. The first kappa shape index (κ1) is 17.5. The number of carboxylic acids is 1. The van der Waals surface area contributed by atoms with Crippen LogP contribution in [-0.2, 0) is 9.59 Å². The predicted molar refractivity (Wildman–Crippen MR) is 83.1 cm³/mol. The smallest absolute Gasteiger partial charge is 0.322 e. The molecule has 2 rings (SSSR count). The molecule has 0 aromatic heterocycles. The maximum absolute atomic E-state index is 12.2. The van der Waals surface area contributed by atoms with Crippen LogP contribution in [0.4, 0.5) is 0 Å². The van der Waals surface area contributed by atoms with Crippen LogP contribution in [0.5, 0.6) is 5.75 Å². The Morgan fingerprint density at radius 1 is 1.21 bits per heavy atom. The van der Waals surface area contributed by atoms with E-state index in [1.165, 1.54) is 12.1 Å². The Morgan fingerprint density at radius 2 is 1.92 bits per heavy atom. The second-order valence-corrected chi connectivity index (χ2v) is 6.03. The standard InChI is InChI=1S/C16H18N2O6/c1-16(2)6-11(19)10-5-9(3-4-12(10)24-16)15(23)18-7-13(20)17-8-14(21)22/h3-5H,6-8H2,1-2H3,(H,17,20)(H,18,23)(H,21,22). The SMILES string of the molecule is CC1(C)CC(=O)c2cc(C(=O)NCC(=O)NCC(=O)O)ccc2O1. The van der Waals surface area contributed by atoms with Gasteiger partial charge in [-0.2, -0.15) is 0 Å². The highest BCUT2D eigenvalue weighted by Gasteiger charge is 2.32. The van der Waals surface area contributed by atoms with Crippen LogP contribution in [0.1, 0.15) is 41.0 Å². The Kier molecular flexibility index (Phi) is 4.87. The first-order valence-electron chi connectivity index (χ1n) is 7.31. The minimum absolute atomic E-state index is 0.116. The number of rotatable bonds is 5. The van der Waals surface area contributed by atoms with E-state index in [4.69, 9.17) is 9.84 Å². The molecule has 1 aromatic rings. The zero-order valence-corrected chi connectivity index (χ0v) is 13.3. The predicted octanol–water partition coefficient (Wildman–Crippen LogP) is 0.361. The van der Waals surface area contributed by atoms with Gasteiger partial charge in [-0.25, -0.2) is 0 Å². The number of carboxylic acid groups (broad SMARTS) is 1. The number of amides is 2. The fraction of sp³-hybridized carbons (Fsp3) is 0.375. The lowest BCUT2D eigenvalue weighted by Crippen LogP contribution is -2.39. The van der Waals surface area contributed by atoms with Crippen LogP contribution in [0.2, 0.25) is 0 Å². The van der Waals surface area contributed by atoms with Crippen LogP contribution >= 0.6 is 0 Å². The van der Waals surface area contributed by atoms with E-state index in [0.717, 1.165) is 0 Å². The number of aliphatic carboxylic acids is 1. The van der Waals surface area contributed by atoms with Crippen LogP contribution in [0.3, 0.4) is 0 Å². The third-order valence-electron chi connectivity index (χ3n) is 3.36. The van der Waals surface area contributed by atoms with Gasteiger partial charge in [-0.3, -0.25) is 19.2 Å². The molecule has 0 saturated heterocycles. The van der Waals surface area contributed by atoms with Crippen molar-refractivity contribution < 1.29 is 29.0 Å². The van der Waals surface area contributed by atoms with E-state index in [2.05, 4.69) is 10.6 Å². The van der Waals surface area contributed by atoms with Gasteiger partial charge in [-0.15, -0.1) is 0 Å². The van der Waals surface area contributed by atoms with Crippen LogP contribution < -0.4 is 15.4 Å². The van der Waals surface area contributed by atoms with Gasteiger partial charge in [0, 0.05) is 5.56 Å². The lowest BCUT2D eigenvalue weighted by atomic mass is 9.92. The lowest BCUT2D eigenvalue weighted by molar-refractivity contribution is -0.137. The van der Waals surface area contributed by atoms with Crippen molar-refractivity contribution in [2.75, 3.05) is 13.1 Å². The Morgan fingerprint density at radius 3 is 2.58 bits per heavy atom. The summed E-state index contributed by atoms with van der Waals surface area (Å²) in [4.78, 5) is 45.9. The quantitative estimate of drug-likeness (QED) is 0.715. The fourth-order valence-corrected chi connectivity index (χ4v) is 2.29. The molecule has 1 heterocycles. The Balaban J connectivity index is 2.02. The minimum atomic E-state index is -1.18. The number of hydrogen-bond donors (Lipinski definition) is 3. The number of Topliss-reactive ketones (excluding diaryl/α,β-unsaturated/α-hetero) is 1. The van der Waals surface area contributed by atoms with Crippen molar-refractivity contribution in [3.05, 3.63) is 29.3 Å². The molecule has 1 aliphatic rings. The largest absolute Gasteiger partial charge is 0.487 e. The van der Waals surface area contributed by atoms with E-state index in [-0.39, 0.29) is 24.3 Å². The number of ketones is 1. The number of benzene rings is 1. The maximum Gasteiger partial charge on any atom is 0.322 e. The molecule has 128 valence electrons. The molecule has 0 fully saturated rings. The zero-order chi connectivity index (χ0) is 17.9. The molecule has 8 nitrogen and oxygen atoms in total. The van der Waals surface area contributed by atoms with E-state index >= 15 is 0 Å². The first-order chi connectivity index (χ1) is 11.2. The summed E-state index contributed by atoms with van der Waals surface area (Å²) in [5, 5.41) is 12.9. The highest BCUT2D eigenvalue weighted by atomic mass is 16.5. The molecule has 0 atom stereocenters. The van der Waals surface area contributed by atoms with Crippen molar-refractivity contribution >= 4 is 23.6 Å². The molecule has 3 N–H and O–H groups in total. The summed E-state index contributed by atoms with van der Waals surface area (Å²) < 4.78 is 5.70. The summed E-state index contributed by atoms with van der Waals surface area (Å²) in [6.45, 7) is 2.74. The maximum atomic E-state index is 12.2. The third-order valence-corrected chi connectivity index (χ3v) is 3.36. The monoisotopic (exact) mass is 334 g/mol. The van der Waals surface area contributed by atoms with E-state index in [0.29, 0.717) is 11.3 Å². The molecule has 1 aromatic carbocycles. The molecular weight excluding hydrogens is 316 g/mol. The minimum Gasteiger partial charge on any atom is -0.487 e. The van der Waals surface area contributed by atoms with Gasteiger partial charge in [0.1, 0.15) is 17.9 Å². The van der Waals surface area contributed by atoms with Gasteiger partial charge < -0.3 is 20.5 Å². The highest BCUT2D eigenvalue weighted by molar-refractivity contribution is 6.04. The van der Waals surface area contributed by atoms with Crippen LogP contribution in [-0.4, -0.2) is 47.4 Å². The van der Waals surface area contributed by atoms with Crippen LogP contribution in [0, 0.1) is 0 Å². The van der Waals surface area contributed by atoms with Gasteiger partial charge in [0.25, 0.3) is 5.91 Å². The molecule has 0 saturated carbocycles. The molecule has 0 unspecified atom stereocenters. The van der Waals surface area contributed by atoms with Crippen molar-refractivity contribution in [2.24, 2.45) is 0 Å². The van der Waals surface area contributed by atoms with Crippen molar-refractivity contribution in [3.8, 4) is 5.75 Å². The van der Waals surface area contributed by atoms with Crippen LogP contribution in [0.25, 0.3) is 0 Å². The normalized spacial score (nSPS) is 15.0. The van der Waals surface area contributed by atoms with E-state index in [1.54, 1.807) is 6.07 Å². The molecule has 0 spiro atoms. The van der Waals surface area contributed by atoms with Gasteiger partial charge in [-0.1, -0.05) is 0 Å². The Hall–Kier alpha value is -2.90. The van der Waals surface area contributed by atoms with Crippen LogP contribution in [0.15, 0.2) is 18.2 Å². The van der Waals surface area contributed by atoms with Gasteiger partial charge in [0.2, 0.25) is 5.91 Å². The number of fused-ring (bicyclic) bond motifs is 1. The third kappa shape index (κ3) is 4.31. The summed E-state index contributed by atoms with van der Waals surface area (Å²) in [5.74, 6) is -2.03. The summed E-state index contributed by atoms with van der Waals surface area (Å²) in [6.07, 6.45) is 0.211. The average Bonchev–Trinajstić information content (AvgIpc) is 2.49. The molecule has 24 heavy (non-hydrogen) atoms.